The molecule has 0 aliphatic carbocycles. The predicted molar refractivity (Wildman–Crippen MR) is 60.8 cm³/mol. The molecule has 0 atom stereocenters. The van der Waals surface area contributed by atoms with Crippen LogP contribution < -0.4 is 5.73 Å². The lowest BCUT2D eigenvalue weighted by atomic mass is 10.3. The van der Waals surface area contributed by atoms with Gasteiger partial charge >= 0.3 is 0 Å². The lowest BCUT2D eigenvalue weighted by molar-refractivity contribution is 0.499. The number of aromatic nitrogens is 5. The van der Waals surface area contributed by atoms with Crippen LogP contribution >= 0.6 is 0 Å². The van der Waals surface area contributed by atoms with Crippen molar-refractivity contribution in [1.29, 1.82) is 0 Å². The third-order valence-electron chi connectivity index (χ3n) is 2.68. The highest BCUT2D eigenvalue weighted by Gasteiger charge is 2.07. The number of nitrogen functional groups attached to an aromatic ring is 1. The van der Waals surface area contributed by atoms with Gasteiger partial charge in [0.15, 0.2) is 5.82 Å². The van der Waals surface area contributed by atoms with Crippen molar-refractivity contribution >= 4 is 5.82 Å². The Morgan fingerprint density at radius 2 is 2.19 bits per heavy atom. The number of hydrogen-bond acceptors (Lipinski definition) is 4. The average Bonchev–Trinajstić information content (AvgIpc) is 2.82. The highest BCUT2D eigenvalue weighted by molar-refractivity contribution is 5.32. The highest BCUT2D eigenvalue weighted by Crippen LogP contribution is 2.08. The minimum absolute atomic E-state index is 0.532. The van der Waals surface area contributed by atoms with Gasteiger partial charge in [-0.15, -0.1) is 5.10 Å². The van der Waals surface area contributed by atoms with Crippen LogP contribution in [0.4, 0.5) is 5.82 Å². The molecule has 6 heteroatoms. The van der Waals surface area contributed by atoms with Gasteiger partial charge < -0.3 is 10.3 Å². The summed E-state index contributed by atoms with van der Waals surface area (Å²) < 4.78 is 3.94. The second kappa shape index (κ2) is 4.34. The molecule has 2 rings (SSSR count). The summed E-state index contributed by atoms with van der Waals surface area (Å²) in [5.41, 5.74) is 6.72. The zero-order chi connectivity index (χ0) is 11.5. The monoisotopic (exact) mass is 220 g/mol. The molecule has 2 N–H and O–H groups in total. The maximum atomic E-state index is 5.72. The topological polar surface area (TPSA) is 74.5 Å². The van der Waals surface area contributed by atoms with E-state index in [-0.39, 0.29) is 0 Å². The van der Waals surface area contributed by atoms with Crippen molar-refractivity contribution in [2.45, 2.75) is 33.4 Å². The van der Waals surface area contributed by atoms with Crippen LogP contribution in [0.2, 0.25) is 0 Å². The Kier molecular flexibility index (Phi) is 2.89. The van der Waals surface area contributed by atoms with Gasteiger partial charge in [-0.05, 0) is 13.3 Å². The van der Waals surface area contributed by atoms with E-state index in [2.05, 4.69) is 19.9 Å². The second-order valence-corrected chi connectivity index (χ2v) is 3.67. The van der Waals surface area contributed by atoms with E-state index in [1.807, 2.05) is 24.7 Å². The molecule has 0 radical (unpaired) electrons. The van der Waals surface area contributed by atoms with Gasteiger partial charge in [-0.25, -0.2) is 9.67 Å². The summed E-state index contributed by atoms with van der Waals surface area (Å²) in [6.07, 6.45) is 4.61. The molecular formula is C10H16N6. The van der Waals surface area contributed by atoms with Crippen molar-refractivity contribution < 1.29 is 0 Å². The van der Waals surface area contributed by atoms with Gasteiger partial charge in [0, 0.05) is 18.9 Å². The quantitative estimate of drug-likeness (QED) is 0.820. The van der Waals surface area contributed by atoms with Crippen molar-refractivity contribution in [3.63, 3.8) is 0 Å². The number of rotatable bonds is 4. The molecule has 0 unspecified atom stereocenters. The molecule has 0 bridgehead atoms. The Morgan fingerprint density at radius 1 is 1.38 bits per heavy atom. The van der Waals surface area contributed by atoms with Gasteiger partial charge in [0.2, 0.25) is 0 Å². The molecule has 2 aromatic heterocycles. The smallest absolute Gasteiger partial charge is 0.169 e. The van der Waals surface area contributed by atoms with E-state index in [1.165, 1.54) is 0 Å². The minimum Gasteiger partial charge on any atom is -0.381 e. The van der Waals surface area contributed by atoms with Gasteiger partial charge in [-0.1, -0.05) is 12.1 Å². The highest BCUT2D eigenvalue weighted by atomic mass is 15.4. The average molecular weight is 220 g/mol. The normalized spacial score (nSPS) is 10.9. The van der Waals surface area contributed by atoms with Crippen LogP contribution in [0.15, 0.2) is 12.4 Å². The molecule has 2 heterocycles. The lowest BCUT2D eigenvalue weighted by Gasteiger charge is -2.07. The first-order valence-electron chi connectivity index (χ1n) is 5.38. The fraction of sp³-hybridized carbons (Fsp3) is 0.500. The second-order valence-electron chi connectivity index (χ2n) is 3.67. The SMILES string of the molecule is CCc1c(N)nnn1CCn1ccnc1C. The standard InChI is InChI=1S/C10H16N6/c1-3-9-10(11)13-14-16(9)7-6-15-5-4-12-8(15)2/h4-5H,3,6-7,11H2,1-2H3. The third-order valence-corrected chi connectivity index (χ3v) is 2.68. The van der Waals surface area contributed by atoms with Gasteiger partial charge in [0.05, 0.1) is 12.2 Å². The number of aryl methyl sites for hydroxylation is 3. The molecule has 0 amide bonds. The number of nitrogens with two attached hydrogens (primary N) is 1. The Morgan fingerprint density at radius 3 is 2.81 bits per heavy atom. The predicted octanol–water partition coefficient (Wildman–Crippen LogP) is 0.628. The molecular weight excluding hydrogens is 204 g/mol. The van der Waals surface area contributed by atoms with Crippen molar-refractivity contribution in [2.75, 3.05) is 5.73 Å². The molecule has 0 aliphatic rings. The summed E-state index contributed by atoms with van der Waals surface area (Å²) in [6.45, 7) is 5.64. The van der Waals surface area contributed by atoms with E-state index >= 15 is 0 Å². The van der Waals surface area contributed by atoms with Crippen molar-refractivity contribution in [3.05, 3.63) is 23.9 Å². The van der Waals surface area contributed by atoms with Crippen LogP contribution in [0, 0.1) is 6.92 Å². The van der Waals surface area contributed by atoms with Crippen LogP contribution in [-0.2, 0) is 19.5 Å². The molecule has 0 saturated heterocycles. The Bertz CT molecular complexity index is 469. The first kappa shape index (κ1) is 10.7. The summed E-state index contributed by atoms with van der Waals surface area (Å²) >= 11 is 0. The first-order valence-corrected chi connectivity index (χ1v) is 5.38. The molecule has 0 aliphatic heterocycles. The minimum atomic E-state index is 0.532. The maximum Gasteiger partial charge on any atom is 0.169 e. The fourth-order valence-corrected chi connectivity index (χ4v) is 1.73. The van der Waals surface area contributed by atoms with E-state index in [0.29, 0.717) is 5.82 Å². The maximum absolute atomic E-state index is 5.72. The summed E-state index contributed by atoms with van der Waals surface area (Å²) in [7, 11) is 0. The Hall–Kier alpha value is -1.85. The zero-order valence-corrected chi connectivity index (χ0v) is 9.59. The van der Waals surface area contributed by atoms with E-state index in [4.69, 9.17) is 5.73 Å². The first-order chi connectivity index (χ1) is 7.72. The van der Waals surface area contributed by atoms with Crippen LogP contribution in [0.1, 0.15) is 18.4 Å². The van der Waals surface area contributed by atoms with Crippen LogP contribution in [0.5, 0.6) is 0 Å². The van der Waals surface area contributed by atoms with Crippen molar-refractivity contribution in [1.82, 2.24) is 24.5 Å². The molecule has 6 nitrogen and oxygen atoms in total. The molecule has 16 heavy (non-hydrogen) atoms. The number of anilines is 1. The number of imidazole rings is 1. The van der Waals surface area contributed by atoms with E-state index in [9.17, 15) is 0 Å². The van der Waals surface area contributed by atoms with Gasteiger partial charge in [-0.2, -0.15) is 0 Å². The van der Waals surface area contributed by atoms with Crippen LogP contribution in [0.25, 0.3) is 0 Å². The third kappa shape index (κ3) is 1.91. The largest absolute Gasteiger partial charge is 0.381 e. The lowest BCUT2D eigenvalue weighted by Crippen LogP contribution is -2.12. The van der Waals surface area contributed by atoms with Crippen LogP contribution in [0.3, 0.4) is 0 Å². The fourth-order valence-electron chi connectivity index (χ4n) is 1.73. The summed E-state index contributed by atoms with van der Waals surface area (Å²) in [5.74, 6) is 1.54. The number of nitrogens with zero attached hydrogens (tertiary/aromatic N) is 5. The van der Waals surface area contributed by atoms with E-state index in [0.717, 1.165) is 31.0 Å². The molecule has 2 aromatic rings. The van der Waals surface area contributed by atoms with Gasteiger partial charge in [0.1, 0.15) is 5.82 Å². The Balaban J connectivity index is 2.07. The van der Waals surface area contributed by atoms with E-state index < -0.39 is 0 Å². The summed E-state index contributed by atoms with van der Waals surface area (Å²) in [6, 6.07) is 0. The molecule has 0 fully saturated rings. The number of hydrogen-bond donors (Lipinski definition) is 1. The Labute approximate surface area is 94.1 Å². The zero-order valence-electron chi connectivity index (χ0n) is 9.59. The molecule has 0 spiro atoms. The molecule has 86 valence electrons. The summed E-state index contributed by atoms with van der Waals surface area (Å²) in [4.78, 5) is 4.17. The van der Waals surface area contributed by atoms with Gasteiger partial charge in [0.25, 0.3) is 0 Å². The van der Waals surface area contributed by atoms with Gasteiger partial charge in [-0.3, -0.25) is 0 Å². The van der Waals surface area contributed by atoms with Crippen LogP contribution in [-0.4, -0.2) is 24.5 Å². The summed E-state index contributed by atoms with van der Waals surface area (Å²) in [5, 5.41) is 7.90. The molecule has 0 saturated carbocycles. The van der Waals surface area contributed by atoms with Crippen molar-refractivity contribution in [3.8, 4) is 0 Å². The van der Waals surface area contributed by atoms with E-state index in [1.54, 1.807) is 6.20 Å². The molecule has 0 aromatic carbocycles. The van der Waals surface area contributed by atoms with Crippen molar-refractivity contribution in [2.24, 2.45) is 0 Å².